The minimum atomic E-state index is -0.535. The molecule has 6 nitrogen and oxygen atoms in total. The maximum Gasteiger partial charge on any atom is 0.332 e. The van der Waals surface area contributed by atoms with Crippen LogP contribution in [0.2, 0.25) is 0 Å². The van der Waals surface area contributed by atoms with Gasteiger partial charge in [-0.1, -0.05) is 78.9 Å². The van der Waals surface area contributed by atoms with Crippen LogP contribution in [0, 0.1) is 0 Å². The summed E-state index contributed by atoms with van der Waals surface area (Å²) in [5.74, 6) is 4.79. The van der Waals surface area contributed by atoms with Crippen LogP contribution in [0.5, 0.6) is 0 Å². The van der Waals surface area contributed by atoms with Gasteiger partial charge in [-0.25, -0.2) is 10.6 Å². The van der Waals surface area contributed by atoms with Crippen molar-refractivity contribution in [3.8, 4) is 11.1 Å². The number of amides is 2. The Morgan fingerprint density at radius 3 is 2.03 bits per heavy atom. The van der Waals surface area contributed by atoms with Gasteiger partial charge >= 0.3 is 12.0 Å². The van der Waals surface area contributed by atoms with Gasteiger partial charge in [0.2, 0.25) is 0 Å². The number of fused-ring (bicyclic) bond motifs is 3. The molecular weight excluding hydrogens is 378 g/mol. The quantitative estimate of drug-likeness (QED) is 0.287. The highest BCUT2D eigenvalue weighted by molar-refractivity contribution is 5.81. The number of benzene rings is 3. The second-order valence-corrected chi connectivity index (χ2v) is 7.20. The number of nitrogens with zero attached hydrogens (tertiary/aromatic N) is 1. The Hall–Kier alpha value is -3.64. The molecule has 3 aromatic carbocycles. The Balaban J connectivity index is 1.44. The maximum absolute atomic E-state index is 12.6. The summed E-state index contributed by atoms with van der Waals surface area (Å²) >= 11 is 0. The number of rotatable bonds is 6. The van der Waals surface area contributed by atoms with Crippen molar-refractivity contribution in [3.05, 3.63) is 95.6 Å². The van der Waals surface area contributed by atoms with Crippen molar-refractivity contribution in [2.75, 3.05) is 13.2 Å². The molecule has 1 aliphatic rings. The third-order valence-corrected chi connectivity index (χ3v) is 5.32. The average Bonchev–Trinajstić information content (AvgIpc) is 3.11. The zero-order chi connectivity index (χ0) is 20.9. The van der Waals surface area contributed by atoms with Crippen LogP contribution in [-0.2, 0) is 16.1 Å². The molecule has 2 amide bonds. The van der Waals surface area contributed by atoms with Gasteiger partial charge in [0.15, 0.2) is 0 Å². The fourth-order valence-corrected chi connectivity index (χ4v) is 3.91. The summed E-state index contributed by atoms with van der Waals surface area (Å²) in [5, 5.41) is 0. The van der Waals surface area contributed by atoms with E-state index >= 15 is 0 Å². The summed E-state index contributed by atoms with van der Waals surface area (Å²) in [6.45, 7) is 0.290. The fraction of sp³-hybridized carbons (Fsp3) is 0.167. The largest absolute Gasteiger partial charge is 0.463 e. The Bertz CT molecular complexity index is 1010. The van der Waals surface area contributed by atoms with Gasteiger partial charge < -0.3 is 9.64 Å². The van der Waals surface area contributed by atoms with E-state index in [1.807, 2.05) is 54.6 Å². The molecule has 0 saturated carbocycles. The number of hydrogen-bond donors (Lipinski definition) is 2. The van der Waals surface area contributed by atoms with Crippen molar-refractivity contribution in [1.82, 2.24) is 10.3 Å². The predicted octanol–water partition coefficient (Wildman–Crippen LogP) is 3.43. The number of esters is 1. The topological polar surface area (TPSA) is 84.7 Å². The smallest absolute Gasteiger partial charge is 0.332 e. The normalized spacial score (nSPS) is 12.0. The van der Waals surface area contributed by atoms with Crippen LogP contribution < -0.4 is 11.3 Å². The summed E-state index contributed by atoms with van der Waals surface area (Å²) in [4.78, 5) is 26.0. The van der Waals surface area contributed by atoms with Gasteiger partial charge in [-0.05, 0) is 27.8 Å². The lowest BCUT2D eigenvalue weighted by Gasteiger charge is -2.22. The molecule has 4 rings (SSSR count). The van der Waals surface area contributed by atoms with Crippen LogP contribution >= 0.6 is 0 Å². The highest BCUT2D eigenvalue weighted by Crippen LogP contribution is 2.44. The Morgan fingerprint density at radius 2 is 1.43 bits per heavy atom. The monoisotopic (exact) mass is 401 g/mol. The van der Waals surface area contributed by atoms with E-state index in [1.54, 1.807) is 0 Å². The third-order valence-electron chi connectivity index (χ3n) is 5.32. The van der Waals surface area contributed by atoms with E-state index in [4.69, 9.17) is 10.6 Å². The molecule has 1 aliphatic carbocycles. The summed E-state index contributed by atoms with van der Waals surface area (Å²) in [6.07, 6.45) is 0. The van der Waals surface area contributed by atoms with Crippen molar-refractivity contribution in [3.63, 3.8) is 0 Å². The first-order valence-corrected chi connectivity index (χ1v) is 9.80. The molecule has 0 radical (unpaired) electrons. The summed E-state index contributed by atoms with van der Waals surface area (Å²) < 4.78 is 5.60. The van der Waals surface area contributed by atoms with Crippen molar-refractivity contribution < 1.29 is 14.3 Å². The molecule has 0 bridgehead atoms. The number of carbonyl (C=O) groups excluding carboxylic acids is 2. The summed E-state index contributed by atoms with van der Waals surface area (Å²) in [5.41, 5.74) is 7.62. The van der Waals surface area contributed by atoms with Gasteiger partial charge in [0.05, 0.1) is 0 Å². The second-order valence-electron chi connectivity index (χ2n) is 7.20. The van der Waals surface area contributed by atoms with Crippen LogP contribution in [0.1, 0.15) is 22.6 Å². The van der Waals surface area contributed by atoms with Crippen LogP contribution in [-0.4, -0.2) is 30.1 Å². The van der Waals surface area contributed by atoms with Crippen molar-refractivity contribution in [2.24, 2.45) is 5.84 Å². The van der Waals surface area contributed by atoms with Gasteiger partial charge in [-0.2, -0.15) is 0 Å². The van der Waals surface area contributed by atoms with Crippen LogP contribution in [0.25, 0.3) is 11.1 Å². The first kappa shape index (κ1) is 19.7. The van der Waals surface area contributed by atoms with E-state index in [1.165, 1.54) is 16.0 Å². The molecule has 0 spiro atoms. The maximum atomic E-state index is 12.6. The SMILES string of the molecule is NNC(=O)N(CC(=O)OCC1c2ccccc2-c2ccccc21)Cc1ccccc1. The lowest BCUT2D eigenvalue weighted by atomic mass is 9.98. The molecule has 0 saturated heterocycles. The first-order valence-electron chi connectivity index (χ1n) is 9.80. The van der Waals surface area contributed by atoms with Gasteiger partial charge in [0, 0.05) is 12.5 Å². The Labute approximate surface area is 175 Å². The van der Waals surface area contributed by atoms with Gasteiger partial charge in [0.25, 0.3) is 0 Å². The molecule has 0 unspecified atom stereocenters. The van der Waals surface area contributed by atoms with Crippen LogP contribution in [0.3, 0.4) is 0 Å². The zero-order valence-corrected chi connectivity index (χ0v) is 16.5. The number of hydrogen-bond acceptors (Lipinski definition) is 4. The summed E-state index contributed by atoms with van der Waals surface area (Å²) in [7, 11) is 0. The fourth-order valence-electron chi connectivity index (χ4n) is 3.91. The number of ether oxygens (including phenoxy) is 1. The van der Waals surface area contributed by atoms with Crippen molar-refractivity contribution in [1.29, 1.82) is 0 Å². The highest BCUT2D eigenvalue weighted by Gasteiger charge is 2.29. The Kier molecular flexibility index (Phi) is 5.77. The Morgan fingerprint density at radius 1 is 0.867 bits per heavy atom. The van der Waals surface area contributed by atoms with Crippen LogP contribution in [0.15, 0.2) is 78.9 Å². The molecule has 0 atom stereocenters. The minimum absolute atomic E-state index is 0.0211. The molecule has 3 N–H and O–H groups in total. The number of urea groups is 1. The number of nitrogens with one attached hydrogen (secondary N) is 1. The lowest BCUT2D eigenvalue weighted by Crippen LogP contribution is -2.45. The van der Waals surface area contributed by atoms with Gasteiger partial charge in [-0.3, -0.25) is 10.2 Å². The molecule has 0 fully saturated rings. The second kappa shape index (κ2) is 8.80. The van der Waals surface area contributed by atoms with Gasteiger partial charge in [-0.15, -0.1) is 0 Å². The molecule has 0 aromatic heterocycles. The molecule has 3 aromatic rings. The van der Waals surface area contributed by atoms with Crippen molar-refractivity contribution >= 4 is 12.0 Å². The number of nitrogens with two attached hydrogens (primary N) is 1. The predicted molar refractivity (Wildman–Crippen MR) is 114 cm³/mol. The van der Waals surface area contributed by atoms with E-state index < -0.39 is 12.0 Å². The molecule has 30 heavy (non-hydrogen) atoms. The van der Waals surface area contributed by atoms with E-state index in [-0.39, 0.29) is 25.6 Å². The standard InChI is InChI=1S/C24H23N3O3/c25-26-24(29)27(14-17-8-2-1-3-9-17)15-23(28)30-16-22-20-12-6-4-10-18(20)19-11-5-7-13-21(19)22/h1-13,22H,14-16,25H2,(H,26,29). The lowest BCUT2D eigenvalue weighted by molar-refractivity contribution is -0.144. The van der Waals surface area contributed by atoms with E-state index in [0.29, 0.717) is 0 Å². The molecule has 6 heteroatoms. The first-order chi connectivity index (χ1) is 14.7. The minimum Gasteiger partial charge on any atom is -0.463 e. The van der Waals surface area contributed by atoms with Gasteiger partial charge in [0.1, 0.15) is 13.2 Å². The zero-order valence-electron chi connectivity index (χ0n) is 16.5. The van der Waals surface area contributed by atoms with Crippen LogP contribution in [0.4, 0.5) is 4.79 Å². The number of carbonyl (C=O) groups is 2. The molecular formula is C24H23N3O3. The average molecular weight is 401 g/mol. The van der Waals surface area contributed by atoms with E-state index in [9.17, 15) is 9.59 Å². The summed E-state index contributed by atoms with van der Waals surface area (Å²) in [6, 6.07) is 25.2. The van der Waals surface area contributed by atoms with E-state index in [2.05, 4.69) is 29.7 Å². The third kappa shape index (κ3) is 4.04. The number of hydrazine groups is 1. The highest BCUT2D eigenvalue weighted by atomic mass is 16.5. The van der Waals surface area contributed by atoms with Crippen molar-refractivity contribution in [2.45, 2.75) is 12.5 Å². The molecule has 152 valence electrons. The molecule has 0 heterocycles. The van der Waals surface area contributed by atoms with E-state index in [0.717, 1.165) is 16.7 Å². The molecule has 0 aliphatic heterocycles.